The van der Waals surface area contributed by atoms with Crippen LogP contribution in [0.15, 0.2) is 24.3 Å². The largest absolute Gasteiger partial charge is 0.290 e. The number of benzene rings is 1. The smallest absolute Gasteiger partial charge is 0.178 e. The quantitative estimate of drug-likeness (QED) is 0.540. The van der Waals surface area contributed by atoms with Crippen LogP contribution in [-0.2, 0) is 10.5 Å². The molecule has 0 aliphatic carbocycles. The Morgan fingerprint density at radius 3 is 2.18 bits per heavy atom. The topological polar surface area (TPSA) is 19.9 Å². The summed E-state index contributed by atoms with van der Waals surface area (Å²) in [6.45, 7) is 6.30. The third-order valence-electron chi connectivity index (χ3n) is 1.70. The fourth-order valence-electron chi connectivity index (χ4n) is 0.963. The summed E-state index contributed by atoms with van der Waals surface area (Å²) >= 11 is 0. The minimum atomic E-state index is 0.0837. The molecule has 0 atom stereocenters. The highest BCUT2D eigenvalue weighted by atomic mass is 16.3. The molecule has 1 aromatic carbocycles. The Balaban J connectivity index is 3.06. The molecular weight excluding hydrogens is 136 g/mol. The van der Waals surface area contributed by atoms with Crippen LogP contribution in [0.3, 0.4) is 0 Å². The Morgan fingerprint density at radius 1 is 1.18 bits per heavy atom. The van der Waals surface area contributed by atoms with E-state index in [1.54, 1.807) is 12.1 Å². The molecule has 11 heavy (non-hydrogen) atoms. The fourth-order valence-corrected chi connectivity index (χ4v) is 0.963. The van der Waals surface area contributed by atoms with Crippen molar-refractivity contribution in [3.8, 4) is 5.75 Å². The maximum absolute atomic E-state index is 10.9. The summed E-state index contributed by atoms with van der Waals surface area (Å²) in [5.41, 5.74) is 1.19. The van der Waals surface area contributed by atoms with E-state index < -0.39 is 0 Å². The Hall–Kier alpha value is -0.980. The standard InChI is InChI=1S/C10H13O/c1-10(2,3)8-5-4-6-9(11)7-8/h4-7H,1-3H3. The minimum Gasteiger partial charge on any atom is -0.290 e. The van der Waals surface area contributed by atoms with E-state index in [2.05, 4.69) is 20.8 Å². The molecule has 1 radical (unpaired) electrons. The third kappa shape index (κ3) is 1.97. The van der Waals surface area contributed by atoms with Gasteiger partial charge < -0.3 is 0 Å². The highest BCUT2D eigenvalue weighted by molar-refractivity contribution is 5.31. The molecule has 1 heteroatoms. The van der Waals surface area contributed by atoms with Crippen LogP contribution in [0.1, 0.15) is 26.3 Å². The zero-order valence-corrected chi connectivity index (χ0v) is 7.22. The van der Waals surface area contributed by atoms with Crippen molar-refractivity contribution in [3.05, 3.63) is 29.8 Å². The molecule has 0 saturated heterocycles. The van der Waals surface area contributed by atoms with Crippen molar-refractivity contribution in [3.63, 3.8) is 0 Å². The number of hydrogen-bond acceptors (Lipinski definition) is 0. The van der Waals surface area contributed by atoms with Gasteiger partial charge in [0, 0.05) is 0 Å². The van der Waals surface area contributed by atoms with Crippen LogP contribution in [0.4, 0.5) is 0 Å². The molecule has 59 valence electrons. The lowest BCUT2D eigenvalue weighted by Gasteiger charge is -2.18. The van der Waals surface area contributed by atoms with Gasteiger partial charge in [0.2, 0.25) is 0 Å². The molecule has 0 saturated carbocycles. The molecule has 0 amide bonds. The van der Waals surface area contributed by atoms with Crippen molar-refractivity contribution < 1.29 is 5.11 Å². The van der Waals surface area contributed by atoms with E-state index in [0.29, 0.717) is 0 Å². The van der Waals surface area contributed by atoms with Gasteiger partial charge >= 0.3 is 0 Å². The first-order valence-electron chi connectivity index (χ1n) is 3.78. The zero-order valence-electron chi connectivity index (χ0n) is 7.22. The summed E-state index contributed by atoms with van der Waals surface area (Å²) in [4.78, 5) is 0. The first-order valence-corrected chi connectivity index (χ1v) is 3.78. The van der Waals surface area contributed by atoms with E-state index in [0.717, 1.165) is 5.56 Å². The molecule has 0 aliphatic heterocycles. The van der Waals surface area contributed by atoms with Crippen molar-refractivity contribution in [1.82, 2.24) is 0 Å². The van der Waals surface area contributed by atoms with E-state index in [1.165, 1.54) is 0 Å². The second-order valence-corrected chi connectivity index (χ2v) is 3.78. The summed E-state index contributed by atoms with van der Waals surface area (Å²) in [7, 11) is 0. The summed E-state index contributed by atoms with van der Waals surface area (Å²) in [5.74, 6) is 0.0948. The van der Waals surface area contributed by atoms with Gasteiger partial charge in [0.25, 0.3) is 0 Å². The normalized spacial score (nSPS) is 11.5. The van der Waals surface area contributed by atoms with Crippen LogP contribution in [0, 0.1) is 0 Å². The van der Waals surface area contributed by atoms with Crippen LogP contribution in [0.2, 0.25) is 0 Å². The van der Waals surface area contributed by atoms with Crippen molar-refractivity contribution in [1.29, 1.82) is 0 Å². The van der Waals surface area contributed by atoms with Gasteiger partial charge in [-0.1, -0.05) is 32.9 Å². The van der Waals surface area contributed by atoms with Crippen LogP contribution in [0.5, 0.6) is 5.75 Å². The molecule has 0 aliphatic rings. The monoisotopic (exact) mass is 149 g/mol. The molecule has 1 aromatic rings. The van der Waals surface area contributed by atoms with Crippen LogP contribution in [-0.4, -0.2) is 0 Å². The number of rotatable bonds is 0. The fraction of sp³-hybridized carbons (Fsp3) is 0.400. The lowest BCUT2D eigenvalue weighted by atomic mass is 9.87. The van der Waals surface area contributed by atoms with E-state index in [9.17, 15) is 5.11 Å². The SMILES string of the molecule is CC(C)(C)c1cccc([O])c1. The minimum absolute atomic E-state index is 0.0837. The van der Waals surface area contributed by atoms with E-state index >= 15 is 0 Å². The van der Waals surface area contributed by atoms with Gasteiger partial charge in [0.15, 0.2) is 5.75 Å². The average Bonchev–Trinajstić information content (AvgIpc) is 1.86. The lowest BCUT2D eigenvalue weighted by Crippen LogP contribution is -2.10. The maximum atomic E-state index is 10.9. The van der Waals surface area contributed by atoms with E-state index in [1.807, 2.05) is 12.1 Å². The van der Waals surface area contributed by atoms with Gasteiger partial charge in [-0.2, -0.15) is 0 Å². The summed E-state index contributed by atoms with van der Waals surface area (Å²) in [6, 6.07) is 7.07. The van der Waals surface area contributed by atoms with E-state index in [-0.39, 0.29) is 11.2 Å². The zero-order chi connectivity index (χ0) is 8.48. The van der Waals surface area contributed by atoms with Crippen molar-refractivity contribution in [2.75, 3.05) is 0 Å². The maximum Gasteiger partial charge on any atom is 0.178 e. The van der Waals surface area contributed by atoms with Gasteiger partial charge in [-0.15, -0.1) is 0 Å². The third-order valence-corrected chi connectivity index (χ3v) is 1.70. The number of hydrogen-bond donors (Lipinski definition) is 0. The average molecular weight is 149 g/mol. The Labute approximate surface area is 67.7 Å². The van der Waals surface area contributed by atoms with Crippen molar-refractivity contribution >= 4 is 0 Å². The summed E-state index contributed by atoms with van der Waals surface area (Å²) in [6.07, 6.45) is 0. The first-order chi connectivity index (χ1) is 5.00. The van der Waals surface area contributed by atoms with Gasteiger partial charge in [0.05, 0.1) is 0 Å². The van der Waals surface area contributed by atoms with Gasteiger partial charge in [0.1, 0.15) is 0 Å². The van der Waals surface area contributed by atoms with Gasteiger partial charge in [-0.25, -0.2) is 0 Å². The Kier molecular flexibility index (Phi) is 1.90. The van der Waals surface area contributed by atoms with Gasteiger partial charge in [-0.3, -0.25) is 5.11 Å². The molecular formula is C10H13O. The molecule has 0 spiro atoms. The molecule has 1 rings (SSSR count). The highest BCUT2D eigenvalue weighted by Crippen LogP contribution is 2.24. The Morgan fingerprint density at radius 2 is 1.82 bits per heavy atom. The highest BCUT2D eigenvalue weighted by Gasteiger charge is 2.13. The second-order valence-electron chi connectivity index (χ2n) is 3.78. The van der Waals surface area contributed by atoms with Crippen LogP contribution in [0.25, 0.3) is 0 Å². The van der Waals surface area contributed by atoms with Crippen molar-refractivity contribution in [2.24, 2.45) is 0 Å². The molecule has 0 heterocycles. The molecule has 0 fully saturated rings. The molecule has 0 N–H and O–H groups in total. The second kappa shape index (κ2) is 2.57. The van der Waals surface area contributed by atoms with Crippen molar-refractivity contribution in [2.45, 2.75) is 26.2 Å². The predicted molar refractivity (Wildman–Crippen MR) is 45.3 cm³/mol. The Bertz CT molecular complexity index is 245. The molecule has 0 unspecified atom stereocenters. The first kappa shape index (κ1) is 8.12. The predicted octanol–water partition coefficient (Wildman–Crippen LogP) is 3.13. The summed E-state index contributed by atoms with van der Waals surface area (Å²) < 4.78 is 0. The molecule has 1 nitrogen and oxygen atoms in total. The van der Waals surface area contributed by atoms with Crippen LogP contribution >= 0.6 is 0 Å². The molecule has 0 bridgehead atoms. The molecule has 0 aromatic heterocycles. The van der Waals surface area contributed by atoms with E-state index in [4.69, 9.17) is 0 Å². The van der Waals surface area contributed by atoms with Crippen LogP contribution < -0.4 is 0 Å². The summed E-state index contributed by atoms with van der Waals surface area (Å²) in [5, 5.41) is 10.9. The lowest BCUT2D eigenvalue weighted by molar-refractivity contribution is 0.353. The van der Waals surface area contributed by atoms with Gasteiger partial charge in [-0.05, 0) is 23.1 Å².